The summed E-state index contributed by atoms with van der Waals surface area (Å²) in [5, 5.41) is 3.63. The van der Waals surface area contributed by atoms with Crippen LogP contribution in [-0.2, 0) is 0 Å². The lowest BCUT2D eigenvalue weighted by molar-refractivity contribution is 0.0515. The van der Waals surface area contributed by atoms with E-state index in [0.29, 0.717) is 21.7 Å². The van der Waals surface area contributed by atoms with E-state index in [0.717, 1.165) is 0 Å². The second-order valence-corrected chi connectivity index (χ2v) is 12.0. The predicted octanol–water partition coefficient (Wildman–Crippen LogP) is 7.20. The van der Waals surface area contributed by atoms with Gasteiger partial charge in [-0.05, 0) is 82.3 Å². The van der Waals surface area contributed by atoms with Gasteiger partial charge in [-0.15, -0.1) is 0 Å². The van der Waals surface area contributed by atoms with Crippen LogP contribution in [0.25, 0.3) is 0 Å². The van der Waals surface area contributed by atoms with Crippen molar-refractivity contribution in [3.8, 4) is 0 Å². The maximum absolute atomic E-state index is 12.7. The molecule has 0 radical (unpaired) electrons. The SMILES string of the molecule is CC(C)N(NC(=O)c1ccccc1)C(=O)c1c(Cl)cccc1Cl.CC(C)N(NC(=O)c1ccccc1)C(=O)c1ccc(Cl)c(Cl)c1.NN. The number of nitrogens with zero attached hydrogens (tertiary/aromatic N) is 2. The monoisotopic (exact) mass is 732 g/mol. The molecule has 48 heavy (non-hydrogen) atoms. The first-order valence-electron chi connectivity index (χ1n) is 14.4. The number of carbonyl (C=O) groups excluding carboxylic acids is 4. The Morgan fingerprint density at radius 3 is 1.33 bits per heavy atom. The van der Waals surface area contributed by atoms with Crippen LogP contribution >= 0.6 is 46.4 Å². The molecule has 0 aromatic heterocycles. The number of benzene rings is 4. The van der Waals surface area contributed by atoms with E-state index in [-0.39, 0.29) is 50.4 Å². The Morgan fingerprint density at radius 2 is 0.938 bits per heavy atom. The van der Waals surface area contributed by atoms with E-state index in [1.807, 2.05) is 12.1 Å². The molecule has 0 atom stereocenters. The molecule has 0 heterocycles. The highest BCUT2D eigenvalue weighted by atomic mass is 35.5. The van der Waals surface area contributed by atoms with Crippen LogP contribution < -0.4 is 22.5 Å². The largest absolute Gasteiger partial charge is 0.275 e. The summed E-state index contributed by atoms with van der Waals surface area (Å²) in [7, 11) is 0. The van der Waals surface area contributed by atoms with Crippen LogP contribution in [0.5, 0.6) is 0 Å². The number of amides is 4. The van der Waals surface area contributed by atoms with Gasteiger partial charge in [0.15, 0.2) is 0 Å². The highest BCUT2D eigenvalue weighted by Crippen LogP contribution is 2.26. The average molecular weight is 735 g/mol. The predicted molar refractivity (Wildman–Crippen MR) is 192 cm³/mol. The van der Waals surface area contributed by atoms with Gasteiger partial charge < -0.3 is 0 Å². The molecule has 4 aromatic carbocycles. The Kier molecular flexibility index (Phi) is 16.3. The molecular weight excluding hydrogens is 698 g/mol. The number of halogens is 4. The fourth-order valence-corrected chi connectivity index (χ4v) is 4.80. The molecule has 0 bridgehead atoms. The summed E-state index contributed by atoms with van der Waals surface area (Å²) in [6.07, 6.45) is 0. The Balaban J connectivity index is 0.000000317. The Bertz CT molecular complexity index is 1670. The van der Waals surface area contributed by atoms with Crippen LogP contribution in [0.4, 0.5) is 0 Å². The summed E-state index contributed by atoms with van der Waals surface area (Å²) in [5.41, 5.74) is 6.69. The molecule has 4 aromatic rings. The fraction of sp³-hybridized carbons (Fsp3) is 0.176. The van der Waals surface area contributed by atoms with Crippen molar-refractivity contribution in [1.82, 2.24) is 20.9 Å². The number of hydrazine groups is 3. The molecule has 254 valence electrons. The van der Waals surface area contributed by atoms with Gasteiger partial charge in [-0.25, -0.2) is 10.0 Å². The lowest BCUT2D eigenvalue weighted by Crippen LogP contribution is -2.50. The maximum atomic E-state index is 12.7. The lowest BCUT2D eigenvalue weighted by Gasteiger charge is -2.27. The minimum Gasteiger partial charge on any atom is -0.274 e. The van der Waals surface area contributed by atoms with Crippen molar-refractivity contribution in [2.24, 2.45) is 11.7 Å². The van der Waals surface area contributed by atoms with E-state index in [1.54, 1.807) is 107 Å². The van der Waals surface area contributed by atoms with Gasteiger partial charge in [0.25, 0.3) is 23.6 Å². The third kappa shape index (κ3) is 11.2. The number of rotatable bonds is 6. The highest BCUT2D eigenvalue weighted by Gasteiger charge is 2.26. The standard InChI is InChI=1S/2C17H16Cl2N2O2.H4N2/c1-11(2)21(20-16(22)12-7-4-3-5-8-12)17(23)15-13(18)9-6-10-14(15)19;1-11(2)21(20-16(22)12-6-4-3-5-7-12)17(23)13-8-9-14(18)15(19)10-13;1-2/h2*3-11H,1-2H3,(H,20,22);1-2H2. The van der Waals surface area contributed by atoms with Crippen LogP contribution in [0.2, 0.25) is 20.1 Å². The summed E-state index contributed by atoms with van der Waals surface area (Å²) >= 11 is 24.0. The zero-order chi connectivity index (χ0) is 36.0. The van der Waals surface area contributed by atoms with Crippen molar-refractivity contribution in [3.63, 3.8) is 0 Å². The first-order valence-corrected chi connectivity index (χ1v) is 15.9. The van der Waals surface area contributed by atoms with Gasteiger partial charge in [0, 0.05) is 28.8 Å². The molecule has 0 saturated carbocycles. The summed E-state index contributed by atoms with van der Waals surface area (Å²) in [4.78, 5) is 49.9. The molecule has 6 N–H and O–H groups in total. The van der Waals surface area contributed by atoms with Gasteiger partial charge in [0.1, 0.15) is 0 Å². The maximum Gasteiger partial charge on any atom is 0.275 e. The topological polar surface area (TPSA) is 151 Å². The highest BCUT2D eigenvalue weighted by molar-refractivity contribution is 6.42. The summed E-state index contributed by atoms with van der Waals surface area (Å²) in [6, 6.07) is 26.3. The quantitative estimate of drug-likeness (QED) is 0.122. The van der Waals surface area contributed by atoms with E-state index >= 15 is 0 Å². The Hall–Kier alpha value is -4.16. The van der Waals surface area contributed by atoms with E-state index in [2.05, 4.69) is 22.5 Å². The molecule has 4 amide bonds. The van der Waals surface area contributed by atoms with Crippen LogP contribution in [0.1, 0.15) is 69.1 Å². The minimum atomic E-state index is -0.458. The molecule has 0 spiro atoms. The first kappa shape index (κ1) is 40.0. The van der Waals surface area contributed by atoms with Crippen molar-refractivity contribution in [3.05, 3.63) is 139 Å². The van der Waals surface area contributed by atoms with E-state index < -0.39 is 5.91 Å². The van der Waals surface area contributed by atoms with E-state index in [4.69, 9.17) is 46.4 Å². The van der Waals surface area contributed by atoms with Crippen LogP contribution in [0.3, 0.4) is 0 Å². The van der Waals surface area contributed by atoms with Gasteiger partial charge in [-0.3, -0.25) is 41.7 Å². The molecule has 0 aliphatic rings. The number of carbonyl (C=O) groups is 4. The van der Waals surface area contributed by atoms with E-state index in [9.17, 15) is 19.2 Å². The summed E-state index contributed by atoms with van der Waals surface area (Å²) in [5.74, 6) is 6.45. The third-order valence-corrected chi connectivity index (χ3v) is 7.70. The average Bonchev–Trinajstić information content (AvgIpc) is 3.08. The molecule has 14 heteroatoms. The number of hydrogen-bond acceptors (Lipinski definition) is 6. The number of nitrogens with one attached hydrogen (secondary N) is 2. The molecule has 0 saturated heterocycles. The Labute approximate surface area is 299 Å². The van der Waals surface area contributed by atoms with Crippen molar-refractivity contribution in [2.45, 2.75) is 39.8 Å². The molecule has 0 fully saturated rings. The fourth-order valence-electron chi connectivity index (χ4n) is 3.95. The zero-order valence-electron chi connectivity index (χ0n) is 26.6. The number of hydrogen-bond donors (Lipinski definition) is 4. The first-order chi connectivity index (χ1) is 22.8. The summed E-state index contributed by atoms with van der Waals surface area (Å²) < 4.78 is 0. The van der Waals surface area contributed by atoms with Crippen LogP contribution in [0.15, 0.2) is 97.1 Å². The van der Waals surface area contributed by atoms with Gasteiger partial charge in [-0.1, -0.05) is 88.9 Å². The van der Waals surface area contributed by atoms with Crippen LogP contribution in [0, 0.1) is 0 Å². The van der Waals surface area contributed by atoms with Crippen molar-refractivity contribution in [2.75, 3.05) is 0 Å². The van der Waals surface area contributed by atoms with Crippen molar-refractivity contribution >= 4 is 70.0 Å². The second-order valence-electron chi connectivity index (χ2n) is 10.4. The van der Waals surface area contributed by atoms with Gasteiger partial charge in [0.2, 0.25) is 0 Å². The summed E-state index contributed by atoms with van der Waals surface area (Å²) in [6.45, 7) is 7.18. The normalized spacial score (nSPS) is 10.2. The third-order valence-electron chi connectivity index (χ3n) is 6.33. The van der Waals surface area contributed by atoms with Gasteiger partial charge in [0.05, 0.1) is 25.7 Å². The van der Waals surface area contributed by atoms with E-state index in [1.165, 1.54) is 16.1 Å². The molecular formula is C34H36Cl4N6O4. The molecule has 4 rings (SSSR count). The van der Waals surface area contributed by atoms with Crippen molar-refractivity contribution in [1.29, 1.82) is 0 Å². The lowest BCUT2D eigenvalue weighted by atomic mass is 10.2. The molecule has 10 nitrogen and oxygen atoms in total. The Morgan fingerprint density at radius 1 is 0.521 bits per heavy atom. The van der Waals surface area contributed by atoms with Gasteiger partial charge >= 0.3 is 0 Å². The minimum absolute atomic E-state index is 0.165. The number of nitrogens with two attached hydrogens (primary N) is 2. The molecule has 0 aliphatic heterocycles. The van der Waals surface area contributed by atoms with Crippen LogP contribution in [-0.4, -0.2) is 45.7 Å². The molecule has 0 unspecified atom stereocenters. The van der Waals surface area contributed by atoms with Crippen molar-refractivity contribution < 1.29 is 19.2 Å². The van der Waals surface area contributed by atoms with Gasteiger partial charge in [-0.2, -0.15) is 0 Å². The zero-order valence-corrected chi connectivity index (χ0v) is 29.6. The smallest absolute Gasteiger partial charge is 0.274 e. The second kappa shape index (κ2) is 19.6. The molecule has 0 aliphatic carbocycles.